The third kappa shape index (κ3) is 3.28. The Kier molecular flexibility index (Phi) is 4.83. The van der Waals surface area contributed by atoms with Gasteiger partial charge in [-0.25, -0.2) is 0 Å². The molecule has 19 heavy (non-hydrogen) atoms. The molecule has 1 saturated heterocycles. The van der Waals surface area contributed by atoms with Gasteiger partial charge in [0.1, 0.15) is 5.75 Å². The fourth-order valence-corrected chi connectivity index (χ4v) is 2.75. The van der Waals surface area contributed by atoms with Crippen molar-refractivity contribution in [3.05, 3.63) is 28.8 Å². The summed E-state index contributed by atoms with van der Waals surface area (Å²) < 4.78 is 5.38. The molecule has 1 aromatic carbocycles. The van der Waals surface area contributed by atoms with E-state index in [4.69, 9.17) is 4.74 Å². The van der Waals surface area contributed by atoms with Gasteiger partial charge in [0.25, 0.3) is 0 Å². The molecule has 1 aromatic rings. The Bertz CT molecular complexity index is 423. The molecular weight excluding hydrogens is 236 g/mol. The standard InChI is InChI=1S/C16H26N2O/c1-5-17-8-10-18(11-9-17)12-15-6-7-16(19-4)14(3)13(15)2/h6-7H,5,8-12H2,1-4H3. The fourth-order valence-electron chi connectivity index (χ4n) is 2.75. The van der Waals surface area contributed by atoms with E-state index in [0.29, 0.717) is 0 Å². The predicted molar refractivity (Wildman–Crippen MR) is 79.9 cm³/mol. The van der Waals surface area contributed by atoms with Gasteiger partial charge in [0.15, 0.2) is 0 Å². The maximum Gasteiger partial charge on any atom is 0.122 e. The zero-order chi connectivity index (χ0) is 13.8. The first-order chi connectivity index (χ1) is 9.15. The van der Waals surface area contributed by atoms with Crippen LogP contribution < -0.4 is 4.74 Å². The SMILES string of the molecule is CCN1CCN(Cc2ccc(OC)c(C)c2C)CC1. The van der Waals surface area contributed by atoms with Crippen LogP contribution in [-0.2, 0) is 6.54 Å². The van der Waals surface area contributed by atoms with E-state index in [-0.39, 0.29) is 0 Å². The van der Waals surface area contributed by atoms with Crippen molar-refractivity contribution >= 4 is 0 Å². The molecule has 0 N–H and O–H groups in total. The molecule has 0 atom stereocenters. The van der Waals surface area contributed by atoms with Crippen LogP contribution in [-0.4, -0.2) is 49.6 Å². The third-order valence-electron chi connectivity index (χ3n) is 4.38. The lowest BCUT2D eigenvalue weighted by atomic mass is 10.0. The van der Waals surface area contributed by atoms with Crippen LogP contribution in [0.3, 0.4) is 0 Å². The first-order valence-corrected chi connectivity index (χ1v) is 7.23. The van der Waals surface area contributed by atoms with Gasteiger partial charge >= 0.3 is 0 Å². The summed E-state index contributed by atoms with van der Waals surface area (Å²) in [5, 5.41) is 0. The van der Waals surface area contributed by atoms with Crippen LogP contribution in [0.25, 0.3) is 0 Å². The molecule has 0 aliphatic carbocycles. The monoisotopic (exact) mass is 262 g/mol. The highest BCUT2D eigenvalue weighted by atomic mass is 16.5. The van der Waals surface area contributed by atoms with Crippen molar-refractivity contribution in [1.82, 2.24) is 9.80 Å². The molecule has 1 heterocycles. The van der Waals surface area contributed by atoms with Crippen molar-refractivity contribution in [3.63, 3.8) is 0 Å². The molecule has 3 heteroatoms. The normalized spacial score (nSPS) is 17.7. The maximum atomic E-state index is 5.38. The van der Waals surface area contributed by atoms with E-state index >= 15 is 0 Å². The minimum Gasteiger partial charge on any atom is -0.496 e. The van der Waals surface area contributed by atoms with E-state index in [1.165, 1.54) is 49.4 Å². The highest BCUT2D eigenvalue weighted by Crippen LogP contribution is 2.25. The number of nitrogens with zero attached hydrogens (tertiary/aromatic N) is 2. The second-order valence-electron chi connectivity index (χ2n) is 5.39. The number of rotatable bonds is 4. The number of benzene rings is 1. The van der Waals surface area contributed by atoms with Crippen LogP contribution in [0.1, 0.15) is 23.6 Å². The lowest BCUT2D eigenvalue weighted by Crippen LogP contribution is -2.45. The Balaban J connectivity index is 2.02. The number of likely N-dealkylation sites (N-methyl/N-ethyl adjacent to an activating group) is 1. The highest BCUT2D eigenvalue weighted by molar-refractivity contribution is 5.43. The van der Waals surface area contributed by atoms with Gasteiger partial charge in [0, 0.05) is 32.7 Å². The lowest BCUT2D eigenvalue weighted by Gasteiger charge is -2.34. The van der Waals surface area contributed by atoms with Gasteiger partial charge in [-0.2, -0.15) is 0 Å². The van der Waals surface area contributed by atoms with E-state index in [9.17, 15) is 0 Å². The van der Waals surface area contributed by atoms with Crippen LogP contribution in [0.15, 0.2) is 12.1 Å². The second-order valence-corrected chi connectivity index (χ2v) is 5.39. The molecule has 2 rings (SSSR count). The Morgan fingerprint density at radius 1 is 1.00 bits per heavy atom. The molecular formula is C16H26N2O. The molecule has 0 bridgehead atoms. The molecule has 0 unspecified atom stereocenters. The Morgan fingerprint density at radius 2 is 1.63 bits per heavy atom. The molecule has 1 aliphatic heterocycles. The molecule has 0 aromatic heterocycles. The van der Waals surface area contributed by atoms with Crippen molar-refractivity contribution in [2.45, 2.75) is 27.3 Å². The number of piperazine rings is 1. The molecule has 1 aliphatic rings. The van der Waals surface area contributed by atoms with Gasteiger partial charge in [-0.1, -0.05) is 13.0 Å². The smallest absolute Gasteiger partial charge is 0.122 e. The van der Waals surface area contributed by atoms with Gasteiger partial charge in [0.2, 0.25) is 0 Å². The zero-order valence-electron chi connectivity index (χ0n) is 12.7. The van der Waals surface area contributed by atoms with Crippen LogP contribution in [0.4, 0.5) is 0 Å². The van der Waals surface area contributed by atoms with Crippen molar-refractivity contribution in [2.75, 3.05) is 39.8 Å². The summed E-state index contributed by atoms with van der Waals surface area (Å²) in [7, 11) is 1.74. The Labute approximate surface area is 117 Å². The highest BCUT2D eigenvalue weighted by Gasteiger charge is 2.17. The molecule has 106 valence electrons. The average Bonchev–Trinajstić information content (AvgIpc) is 2.45. The molecule has 1 fully saturated rings. The summed E-state index contributed by atoms with van der Waals surface area (Å²) in [5.41, 5.74) is 4.08. The largest absolute Gasteiger partial charge is 0.496 e. The van der Waals surface area contributed by atoms with Crippen LogP contribution in [0.2, 0.25) is 0 Å². The summed E-state index contributed by atoms with van der Waals surface area (Å²) in [4.78, 5) is 5.07. The molecule has 0 saturated carbocycles. The third-order valence-corrected chi connectivity index (χ3v) is 4.38. The van der Waals surface area contributed by atoms with Crippen molar-refractivity contribution < 1.29 is 4.74 Å². The Hall–Kier alpha value is -1.06. The predicted octanol–water partition coefficient (Wildman–Crippen LogP) is 2.45. The molecule has 3 nitrogen and oxygen atoms in total. The summed E-state index contributed by atoms with van der Waals surface area (Å²) in [6.07, 6.45) is 0. The van der Waals surface area contributed by atoms with Gasteiger partial charge in [-0.15, -0.1) is 0 Å². The summed E-state index contributed by atoms with van der Waals surface area (Å²) in [6, 6.07) is 4.31. The Morgan fingerprint density at radius 3 is 2.21 bits per heavy atom. The van der Waals surface area contributed by atoms with E-state index in [0.717, 1.165) is 12.3 Å². The van der Waals surface area contributed by atoms with Gasteiger partial charge in [0.05, 0.1) is 7.11 Å². The van der Waals surface area contributed by atoms with Crippen LogP contribution in [0.5, 0.6) is 5.75 Å². The van der Waals surface area contributed by atoms with E-state index in [2.05, 4.69) is 42.7 Å². The maximum absolute atomic E-state index is 5.38. The minimum atomic E-state index is 0.997. The zero-order valence-corrected chi connectivity index (χ0v) is 12.7. The van der Waals surface area contributed by atoms with Gasteiger partial charge in [-0.3, -0.25) is 4.90 Å². The quantitative estimate of drug-likeness (QED) is 0.829. The van der Waals surface area contributed by atoms with Gasteiger partial charge in [-0.05, 0) is 43.1 Å². The number of ether oxygens (including phenoxy) is 1. The van der Waals surface area contributed by atoms with E-state index in [1.807, 2.05) is 0 Å². The first-order valence-electron chi connectivity index (χ1n) is 7.23. The number of hydrogen-bond acceptors (Lipinski definition) is 3. The molecule has 0 spiro atoms. The van der Waals surface area contributed by atoms with Crippen molar-refractivity contribution in [3.8, 4) is 5.75 Å². The van der Waals surface area contributed by atoms with Crippen LogP contribution in [0, 0.1) is 13.8 Å². The fraction of sp³-hybridized carbons (Fsp3) is 0.625. The summed E-state index contributed by atoms with van der Waals surface area (Å²) >= 11 is 0. The number of methoxy groups -OCH3 is 1. The molecule has 0 radical (unpaired) electrons. The minimum absolute atomic E-state index is 0.997. The molecule has 0 amide bonds. The summed E-state index contributed by atoms with van der Waals surface area (Å²) in [6.45, 7) is 13.6. The van der Waals surface area contributed by atoms with E-state index < -0.39 is 0 Å². The van der Waals surface area contributed by atoms with Crippen molar-refractivity contribution in [2.24, 2.45) is 0 Å². The average molecular weight is 262 g/mol. The van der Waals surface area contributed by atoms with Gasteiger partial charge < -0.3 is 9.64 Å². The second kappa shape index (κ2) is 6.40. The summed E-state index contributed by atoms with van der Waals surface area (Å²) in [5.74, 6) is 0.997. The topological polar surface area (TPSA) is 15.7 Å². The van der Waals surface area contributed by atoms with Crippen LogP contribution >= 0.6 is 0 Å². The first kappa shape index (κ1) is 14.4. The number of hydrogen-bond donors (Lipinski definition) is 0. The lowest BCUT2D eigenvalue weighted by molar-refractivity contribution is 0.131. The van der Waals surface area contributed by atoms with E-state index in [1.54, 1.807) is 7.11 Å². The van der Waals surface area contributed by atoms with Crippen molar-refractivity contribution in [1.29, 1.82) is 0 Å².